The van der Waals surface area contributed by atoms with E-state index in [0.717, 1.165) is 4.90 Å². The van der Waals surface area contributed by atoms with Crippen molar-refractivity contribution in [2.75, 3.05) is 7.11 Å². The predicted octanol–water partition coefficient (Wildman–Crippen LogP) is 2.42. The van der Waals surface area contributed by atoms with Crippen LogP contribution in [0.3, 0.4) is 0 Å². The van der Waals surface area contributed by atoms with Crippen LogP contribution in [0.25, 0.3) is 6.08 Å². The number of benzene rings is 1. The Bertz CT molecular complexity index is 644. The Morgan fingerprint density at radius 2 is 2.14 bits per heavy atom. The SMILES string of the molecule is COC(=O)[C@H](C)N1C(=O)S/C(=C/c2cccc(F)c2)C1=O. The zero-order valence-corrected chi connectivity index (χ0v) is 12.1. The van der Waals surface area contributed by atoms with Gasteiger partial charge in [-0.3, -0.25) is 14.5 Å². The second kappa shape index (κ2) is 6.09. The van der Waals surface area contributed by atoms with Crippen LogP contribution in [0.4, 0.5) is 9.18 Å². The van der Waals surface area contributed by atoms with Crippen LogP contribution < -0.4 is 0 Å². The smallest absolute Gasteiger partial charge is 0.328 e. The van der Waals surface area contributed by atoms with Crippen molar-refractivity contribution < 1.29 is 23.5 Å². The van der Waals surface area contributed by atoms with Crippen molar-refractivity contribution in [3.63, 3.8) is 0 Å². The van der Waals surface area contributed by atoms with E-state index in [0.29, 0.717) is 17.3 Å². The molecule has 1 saturated heterocycles. The Hall–Kier alpha value is -2.15. The minimum Gasteiger partial charge on any atom is -0.467 e. The van der Waals surface area contributed by atoms with E-state index in [1.165, 1.54) is 38.3 Å². The summed E-state index contributed by atoms with van der Waals surface area (Å²) in [5, 5.41) is -0.555. The molecular formula is C14H12FNO4S. The first-order chi connectivity index (χ1) is 9.93. The number of esters is 1. The van der Waals surface area contributed by atoms with Gasteiger partial charge >= 0.3 is 5.97 Å². The largest absolute Gasteiger partial charge is 0.467 e. The summed E-state index contributed by atoms with van der Waals surface area (Å²) in [6.45, 7) is 1.41. The maximum atomic E-state index is 13.1. The molecule has 0 spiro atoms. The van der Waals surface area contributed by atoms with Gasteiger partial charge in [-0.1, -0.05) is 12.1 Å². The number of rotatable bonds is 3. The highest BCUT2D eigenvalue weighted by atomic mass is 32.2. The number of hydrogen-bond acceptors (Lipinski definition) is 5. The Morgan fingerprint density at radius 3 is 2.76 bits per heavy atom. The van der Waals surface area contributed by atoms with Gasteiger partial charge in [0.05, 0.1) is 12.0 Å². The molecule has 7 heteroatoms. The highest BCUT2D eigenvalue weighted by Crippen LogP contribution is 2.33. The maximum absolute atomic E-state index is 13.1. The van der Waals surface area contributed by atoms with Gasteiger partial charge in [0.25, 0.3) is 11.1 Å². The molecule has 0 aromatic heterocycles. The lowest BCUT2D eigenvalue weighted by Crippen LogP contribution is -2.42. The predicted molar refractivity (Wildman–Crippen MR) is 75.7 cm³/mol. The lowest BCUT2D eigenvalue weighted by atomic mass is 10.2. The Morgan fingerprint density at radius 1 is 1.43 bits per heavy atom. The number of thioether (sulfide) groups is 1. The molecule has 110 valence electrons. The van der Waals surface area contributed by atoms with E-state index in [1.807, 2.05) is 0 Å². The molecular weight excluding hydrogens is 297 g/mol. The minimum absolute atomic E-state index is 0.140. The normalized spacial score (nSPS) is 18.2. The molecule has 1 aliphatic rings. The van der Waals surface area contributed by atoms with Crippen LogP contribution in [0, 0.1) is 5.82 Å². The van der Waals surface area contributed by atoms with Crippen molar-refractivity contribution >= 4 is 35.0 Å². The molecule has 1 aromatic rings. The van der Waals surface area contributed by atoms with Crippen molar-refractivity contribution in [1.82, 2.24) is 4.90 Å². The van der Waals surface area contributed by atoms with Crippen LogP contribution in [-0.4, -0.2) is 35.2 Å². The van der Waals surface area contributed by atoms with Crippen molar-refractivity contribution in [2.45, 2.75) is 13.0 Å². The van der Waals surface area contributed by atoms with Gasteiger partial charge < -0.3 is 4.74 Å². The lowest BCUT2D eigenvalue weighted by molar-refractivity contribution is -0.148. The fraction of sp³-hybridized carbons (Fsp3) is 0.214. The third kappa shape index (κ3) is 3.13. The van der Waals surface area contributed by atoms with Crippen molar-refractivity contribution in [2.24, 2.45) is 0 Å². The van der Waals surface area contributed by atoms with E-state index in [-0.39, 0.29) is 4.91 Å². The molecule has 1 aliphatic heterocycles. The summed E-state index contributed by atoms with van der Waals surface area (Å²) in [7, 11) is 1.18. The van der Waals surface area contributed by atoms with E-state index in [2.05, 4.69) is 4.74 Å². The van der Waals surface area contributed by atoms with Gasteiger partial charge in [0, 0.05) is 0 Å². The van der Waals surface area contributed by atoms with Crippen LogP contribution in [-0.2, 0) is 14.3 Å². The third-order valence-electron chi connectivity index (χ3n) is 2.90. The molecule has 1 aromatic carbocycles. The average Bonchev–Trinajstić information content (AvgIpc) is 2.72. The second-order valence-electron chi connectivity index (χ2n) is 4.31. The topological polar surface area (TPSA) is 63.7 Å². The molecule has 0 N–H and O–H groups in total. The number of amides is 2. The maximum Gasteiger partial charge on any atom is 0.328 e. The number of carbonyl (C=O) groups excluding carboxylic acids is 3. The van der Waals surface area contributed by atoms with E-state index >= 15 is 0 Å². The number of nitrogens with zero attached hydrogens (tertiary/aromatic N) is 1. The van der Waals surface area contributed by atoms with E-state index in [4.69, 9.17) is 0 Å². The molecule has 2 amide bonds. The molecule has 0 bridgehead atoms. The summed E-state index contributed by atoms with van der Waals surface area (Å²) in [5.74, 6) is -1.71. The standard InChI is InChI=1S/C14H12FNO4S/c1-8(13(18)20-2)16-12(17)11(21-14(16)19)7-9-4-3-5-10(15)6-9/h3-8H,1-2H3/b11-7+/t8-/m0/s1. The first-order valence-corrected chi connectivity index (χ1v) is 6.86. The van der Waals surface area contributed by atoms with Crippen molar-refractivity contribution in [1.29, 1.82) is 0 Å². The molecule has 1 fully saturated rings. The van der Waals surface area contributed by atoms with Gasteiger partial charge in [0.1, 0.15) is 11.9 Å². The lowest BCUT2D eigenvalue weighted by Gasteiger charge is -2.18. The number of carbonyl (C=O) groups is 3. The summed E-state index contributed by atoms with van der Waals surface area (Å²) in [6, 6.07) is 4.64. The van der Waals surface area contributed by atoms with E-state index in [1.54, 1.807) is 6.07 Å². The fourth-order valence-corrected chi connectivity index (χ4v) is 2.75. The number of imide groups is 1. The molecule has 5 nitrogen and oxygen atoms in total. The van der Waals surface area contributed by atoms with Crippen LogP contribution >= 0.6 is 11.8 Å². The Kier molecular flexibility index (Phi) is 4.42. The summed E-state index contributed by atoms with van der Waals surface area (Å²) in [5.41, 5.74) is 0.464. The van der Waals surface area contributed by atoms with Gasteiger partial charge in [-0.2, -0.15) is 0 Å². The van der Waals surface area contributed by atoms with Gasteiger partial charge in [-0.15, -0.1) is 0 Å². The molecule has 2 rings (SSSR count). The zero-order valence-electron chi connectivity index (χ0n) is 11.3. The second-order valence-corrected chi connectivity index (χ2v) is 5.30. The highest BCUT2D eigenvalue weighted by molar-refractivity contribution is 8.18. The highest BCUT2D eigenvalue weighted by Gasteiger charge is 2.41. The summed E-state index contributed by atoms with van der Waals surface area (Å²) < 4.78 is 17.6. The molecule has 0 aliphatic carbocycles. The van der Waals surface area contributed by atoms with Crippen molar-refractivity contribution in [3.05, 3.63) is 40.6 Å². The van der Waals surface area contributed by atoms with Crippen molar-refractivity contribution in [3.8, 4) is 0 Å². The van der Waals surface area contributed by atoms with E-state index < -0.39 is 29.0 Å². The zero-order chi connectivity index (χ0) is 15.6. The number of halogens is 1. The Balaban J connectivity index is 2.28. The van der Waals surface area contributed by atoms with Gasteiger partial charge in [0.2, 0.25) is 0 Å². The third-order valence-corrected chi connectivity index (χ3v) is 3.78. The van der Waals surface area contributed by atoms with E-state index in [9.17, 15) is 18.8 Å². The Labute approximate surface area is 124 Å². The first-order valence-electron chi connectivity index (χ1n) is 6.04. The molecule has 0 radical (unpaired) electrons. The summed E-state index contributed by atoms with van der Waals surface area (Å²) in [6.07, 6.45) is 1.41. The first kappa shape index (κ1) is 15.2. The quantitative estimate of drug-likeness (QED) is 0.634. The van der Waals surface area contributed by atoms with Crippen LogP contribution in [0.5, 0.6) is 0 Å². The molecule has 1 heterocycles. The fourth-order valence-electron chi connectivity index (χ4n) is 1.84. The molecule has 21 heavy (non-hydrogen) atoms. The number of ether oxygens (including phenoxy) is 1. The van der Waals surface area contributed by atoms with Crippen LogP contribution in [0.15, 0.2) is 29.2 Å². The van der Waals surface area contributed by atoms with Crippen LogP contribution in [0.1, 0.15) is 12.5 Å². The average molecular weight is 309 g/mol. The minimum atomic E-state index is -0.999. The molecule has 0 saturated carbocycles. The number of methoxy groups -OCH3 is 1. The molecule has 0 unspecified atom stereocenters. The summed E-state index contributed by atoms with van der Waals surface area (Å²) in [4.78, 5) is 36.5. The monoisotopic (exact) mass is 309 g/mol. The van der Waals surface area contributed by atoms with Gasteiger partial charge in [-0.05, 0) is 42.5 Å². The van der Waals surface area contributed by atoms with Gasteiger partial charge in [-0.25, -0.2) is 9.18 Å². The number of hydrogen-bond donors (Lipinski definition) is 0. The van der Waals surface area contributed by atoms with Gasteiger partial charge in [0.15, 0.2) is 0 Å². The summed E-state index contributed by atoms with van der Waals surface area (Å²) >= 11 is 0.707. The van der Waals surface area contributed by atoms with Crippen LogP contribution in [0.2, 0.25) is 0 Å². The molecule has 1 atom stereocenters.